The van der Waals surface area contributed by atoms with E-state index in [2.05, 4.69) is 46.9 Å². The minimum Gasteiger partial charge on any atom is -0.490 e. The van der Waals surface area contributed by atoms with E-state index in [1.54, 1.807) is 30.5 Å². The van der Waals surface area contributed by atoms with Crippen molar-refractivity contribution in [3.05, 3.63) is 89.5 Å². The summed E-state index contributed by atoms with van der Waals surface area (Å²) in [5, 5.41) is 15.8. The van der Waals surface area contributed by atoms with Crippen LogP contribution in [0.25, 0.3) is 10.9 Å². The van der Waals surface area contributed by atoms with E-state index in [0.717, 1.165) is 10.7 Å². The van der Waals surface area contributed by atoms with E-state index in [-0.39, 0.29) is 23.0 Å². The minimum absolute atomic E-state index is 0.0476. The Morgan fingerprint density at radius 3 is 2.62 bits per heavy atom. The summed E-state index contributed by atoms with van der Waals surface area (Å²) in [7, 11) is 0. The second kappa shape index (κ2) is 11.2. The molecule has 0 N–H and O–H groups in total. The number of halogens is 2. The fourth-order valence-electron chi connectivity index (χ4n) is 3.45. The Balaban J connectivity index is 1.73. The SMILES string of the molecule is CCOc1cc(C=Nn2c(C(C)C)nc3ccc(Br)cc3c2=O)cc(Br)c1Oc1ccc([N+](=O)[O-])cn1. The van der Waals surface area contributed by atoms with Gasteiger partial charge in [0.15, 0.2) is 11.5 Å². The van der Waals surface area contributed by atoms with Gasteiger partial charge in [-0.05, 0) is 58.7 Å². The van der Waals surface area contributed by atoms with E-state index in [1.165, 1.54) is 16.8 Å². The predicted octanol–water partition coefficient (Wildman–Crippen LogP) is 6.42. The van der Waals surface area contributed by atoms with Crippen molar-refractivity contribution < 1.29 is 14.4 Å². The number of hydrogen-bond donors (Lipinski definition) is 0. The summed E-state index contributed by atoms with van der Waals surface area (Å²) in [4.78, 5) is 32.3. The van der Waals surface area contributed by atoms with Gasteiger partial charge in [-0.15, -0.1) is 0 Å². The van der Waals surface area contributed by atoms with Crippen LogP contribution in [-0.2, 0) is 0 Å². The average molecular weight is 631 g/mol. The van der Waals surface area contributed by atoms with Crippen molar-refractivity contribution in [2.45, 2.75) is 26.7 Å². The largest absolute Gasteiger partial charge is 0.490 e. The smallest absolute Gasteiger partial charge is 0.287 e. The van der Waals surface area contributed by atoms with Crippen molar-refractivity contribution in [1.82, 2.24) is 14.6 Å². The van der Waals surface area contributed by atoms with Gasteiger partial charge in [-0.1, -0.05) is 29.8 Å². The summed E-state index contributed by atoms with van der Waals surface area (Å²) in [6.07, 6.45) is 2.66. The van der Waals surface area contributed by atoms with Crippen LogP contribution < -0.4 is 15.0 Å². The van der Waals surface area contributed by atoms with Crippen molar-refractivity contribution in [3.8, 4) is 17.4 Å². The lowest BCUT2D eigenvalue weighted by atomic mass is 10.2. The van der Waals surface area contributed by atoms with Crippen LogP contribution in [-0.4, -0.2) is 32.4 Å². The Bertz CT molecular complexity index is 1570. The molecule has 2 heterocycles. The predicted molar refractivity (Wildman–Crippen MR) is 147 cm³/mol. The molecule has 0 bridgehead atoms. The number of nitro groups is 1. The van der Waals surface area contributed by atoms with Crippen LogP contribution in [0.1, 0.15) is 38.1 Å². The number of aromatic nitrogens is 3. The van der Waals surface area contributed by atoms with Crippen molar-refractivity contribution in [1.29, 1.82) is 0 Å². The molecule has 2 aromatic carbocycles. The topological polar surface area (TPSA) is 122 Å². The minimum atomic E-state index is -0.535. The van der Waals surface area contributed by atoms with E-state index in [0.29, 0.717) is 44.9 Å². The molecule has 0 spiro atoms. The van der Waals surface area contributed by atoms with Gasteiger partial charge in [0, 0.05) is 22.5 Å². The number of nitrogens with zero attached hydrogens (tertiary/aromatic N) is 5. The molecule has 12 heteroatoms. The number of pyridine rings is 1. The molecular formula is C25H21Br2N5O5. The van der Waals surface area contributed by atoms with Gasteiger partial charge in [-0.2, -0.15) is 9.78 Å². The lowest BCUT2D eigenvalue weighted by Gasteiger charge is -2.14. The Kier molecular flexibility index (Phi) is 7.98. The lowest BCUT2D eigenvalue weighted by Crippen LogP contribution is -2.23. The highest BCUT2D eigenvalue weighted by atomic mass is 79.9. The van der Waals surface area contributed by atoms with Crippen molar-refractivity contribution in [3.63, 3.8) is 0 Å². The summed E-state index contributed by atoms with van der Waals surface area (Å²) >= 11 is 6.90. The van der Waals surface area contributed by atoms with Crippen LogP contribution in [0.2, 0.25) is 0 Å². The molecule has 0 aliphatic carbocycles. The molecule has 0 aliphatic rings. The Labute approximate surface area is 228 Å². The van der Waals surface area contributed by atoms with Crippen LogP contribution >= 0.6 is 31.9 Å². The summed E-state index contributed by atoms with van der Waals surface area (Å²) in [6.45, 7) is 6.08. The molecule has 0 saturated carbocycles. The van der Waals surface area contributed by atoms with Crippen LogP contribution in [0.3, 0.4) is 0 Å². The van der Waals surface area contributed by atoms with Crippen LogP contribution in [0.4, 0.5) is 5.69 Å². The Morgan fingerprint density at radius 2 is 1.97 bits per heavy atom. The summed E-state index contributed by atoms with van der Waals surface area (Å²) in [6, 6.07) is 11.5. The number of ether oxygens (including phenoxy) is 2. The van der Waals surface area contributed by atoms with Crippen molar-refractivity contribution in [2.24, 2.45) is 5.10 Å². The molecule has 4 aromatic rings. The van der Waals surface area contributed by atoms with E-state index in [4.69, 9.17) is 9.47 Å². The van der Waals surface area contributed by atoms with Gasteiger partial charge in [0.2, 0.25) is 5.88 Å². The van der Waals surface area contributed by atoms with E-state index in [1.807, 2.05) is 26.8 Å². The normalized spacial score (nSPS) is 11.4. The first kappa shape index (κ1) is 26.4. The third-order valence-corrected chi connectivity index (χ3v) is 6.22. The zero-order valence-corrected chi connectivity index (χ0v) is 23.2. The maximum atomic E-state index is 13.3. The van der Waals surface area contributed by atoms with Crippen molar-refractivity contribution >= 4 is 54.7 Å². The van der Waals surface area contributed by atoms with E-state index < -0.39 is 4.92 Å². The Morgan fingerprint density at radius 1 is 1.19 bits per heavy atom. The van der Waals surface area contributed by atoms with Crippen LogP contribution in [0.5, 0.6) is 17.4 Å². The molecule has 0 atom stereocenters. The number of fused-ring (bicyclic) bond motifs is 1. The number of benzene rings is 2. The van der Waals surface area contributed by atoms with Crippen LogP contribution in [0, 0.1) is 10.1 Å². The first-order valence-electron chi connectivity index (χ1n) is 11.2. The number of hydrogen-bond acceptors (Lipinski definition) is 8. The summed E-state index contributed by atoms with van der Waals surface area (Å²) in [5.41, 5.74) is 0.815. The highest BCUT2D eigenvalue weighted by molar-refractivity contribution is 9.10. The van der Waals surface area contributed by atoms with Gasteiger partial charge in [-0.25, -0.2) is 9.97 Å². The van der Waals surface area contributed by atoms with Crippen molar-refractivity contribution in [2.75, 3.05) is 6.61 Å². The first-order valence-corrected chi connectivity index (χ1v) is 12.8. The third-order valence-electron chi connectivity index (χ3n) is 5.14. The molecule has 0 fully saturated rings. The monoisotopic (exact) mass is 629 g/mol. The second-order valence-corrected chi connectivity index (χ2v) is 9.89. The molecule has 0 unspecified atom stereocenters. The Hall–Kier alpha value is -3.64. The van der Waals surface area contributed by atoms with E-state index in [9.17, 15) is 14.9 Å². The van der Waals surface area contributed by atoms with Gasteiger partial charge in [0.1, 0.15) is 12.0 Å². The molecule has 0 amide bonds. The third kappa shape index (κ3) is 5.86. The van der Waals surface area contributed by atoms with Gasteiger partial charge >= 0.3 is 0 Å². The molecule has 0 aliphatic heterocycles. The fraction of sp³-hybridized carbons (Fsp3) is 0.200. The quantitative estimate of drug-likeness (QED) is 0.125. The molecule has 37 heavy (non-hydrogen) atoms. The maximum Gasteiger partial charge on any atom is 0.287 e. The first-order chi connectivity index (χ1) is 17.7. The molecular weight excluding hydrogens is 610 g/mol. The van der Waals surface area contributed by atoms with Gasteiger partial charge in [0.25, 0.3) is 11.2 Å². The zero-order chi connectivity index (χ0) is 26.7. The molecule has 2 aromatic heterocycles. The second-order valence-electron chi connectivity index (χ2n) is 8.12. The number of rotatable bonds is 8. The van der Waals surface area contributed by atoms with Gasteiger partial charge in [0.05, 0.1) is 33.1 Å². The standard InChI is InChI=1S/C25H21Br2N5O5/c1-4-36-21-10-15(9-19(27)23(21)37-22-8-6-17(13-28-22)32(34)35)12-29-31-24(14(2)3)30-20-7-5-16(26)11-18(20)25(31)33/h5-14H,4H2,1-3H3. The van der Waals surface area contributed by atoms with Crippen LogP contribution in [0.15, 0.2) is 67.5 Å². The molecule has 10 nitrogen and oxygen atoms in total. The zero-order valence-electron chi connectivity index (χ0n) is 20.0. The fourth-order valence-corrected chi connectivity index (χ4v) is 4.35. The van der Waals surface area contributed by atoms with Gasteiger partial charge < -0.3 is 9.47 Å². The van der Waals surface area contributed by atoms with E-state index >= 15 is 0 Å². The average Bonchev–Trinajstić information content (AvgIpc) is 2.86. The molecule has 190 valence electrons. The summed E-state index contributed by atoms with van der Waals surface area (Å²) in [5.74, 6) is 1.39. The van der Waals surface area contributed by atoms with Gasteiger partial charge in [-0.3, -0.25) is 14.9 Å². The summed E-state index contributed by atoms with van der Waals surface area (Å²) < 4.78 is 14.2. The molecule has 0 saturated heterocycles. The molecule has 0 radical (unpaired) electrons. The highest BCUT2D eigenvalue weighted by Gasteiger charge is 2.16. The molecule has 4 rings (SSSR count). The maximum absolute atomic E-state index is 13.3. The lowest BCUT2D eigenvalue weighted by molar-refractivity contribution is -0.385. The highest BCUT2D eigenvalue weighted by Crippen LogP contribution is 2.39.